The largest absolute Gasteiger partial charge is 0.354 e. The molecule has 5 heteroatoms. The molecule has 0 saturated heterocycles. The van der Waals surface area contributed by atoms with Crippen LogP contribution in [0.15, 0.2) is 12.4 Å². The standard InChI is InChI=1S/C11H15ClIN3/c12-4-8-2-1-3-9(8)5-14-11-15-6-10(13)7-16-11/h6-9H,1-5H2,(H,14,15,16). The van der Waals surface area contributed by atoms with Crippen molar-refractivity contribution in [2.75, 3.05) is 17.7 Å². The summed E-state index contributed by atoms with van der Waals surface area (Å²) in [5.41, 5.74) is 0. The van der Waals surface area contributed by atoms with Crippen LogP contribution in [0.25, 0.3) is 0 Å². The van der Waals surface area contributed by atoms with E-state index in [9.17, 15) is 0 Å². The summed E-state index contributed by atoms with van der Waals surface area (Å²) in [5, 5.41) is 3.29. The lowest BCUT2D eigenvalue weighted by Crippen LogP contribution is -2.20. The Morgan fingerprint density at radius 3 is 2.69 bits per heavy atom. The first-order chi connectivity index (χ1) is 7.79. The molecular formula is C11H15ClIN3. The maximum Gasteiger partial charge on any atom is 0.222 e. The Morgan fingerprint density at radius 2 is 2.00 bits per heavy atom. The summed E-state index contributed by atoms with van der Waals surface area (Å²) in [6, 6.07) is 0. The summed E-state index contributed by atoms with van der Waals surface area (Å²) in [7, 11) is 0. The highest BCUT2D eigenvalue weighted by Gasteiger charge is 2.26. The van der Waals surface area contributed by atoms with Crippen LogP contribution in [-0.4, -0.2) is 22.4 Å². The van der Waals surface area contributed by atoms with E-state index in [2.05, 4.69) is 37.9 Å². The van der Waals surface area contributed by atoms with Gasteiger partial charge in [0, 0.05) is 28.4 Å². The second-order valence-electron chi connectivity index (χ2n) is 4.21. The van der Waals surface area contributed by atoms with Crippen LogP contribution in [-0.2, 0) is 0 Å². The number of rotatable bonds is 4. The zero-order valence-corrected chi connectivity index (χ0v) is 11.9. The van der Waals surface area contributed by atoms with Gasteiger partial charge < -0.3 is 5.32 Å². The molecule has 2 unspecified atom stereocenters. The predicted molar refractivity (Wildman–Crippen MR) is 74.8 cm³/mol. The lowest BCUT2D eigenvalue weighted by molar-refractivity contribution is 0.443. The van der Waals surface area contributed by atoms with Gasteiger partial charge in [-0.15, -0.1) is 11.6 Å². The normalized spacial score (nSPS) is 24.6. The van der Waals surface area contributed by atoms with E-state index in [0.29, 0.717) is 11.8 Å². The van der Waals surface area contributed by atoms with Gasteiger partial charge in [0.2, 0.25) is 5.95 Å². The molecule has 1 heterocycles. The van der Waals surface area contributed by atoms with Crippen LogP contribution in [0.4, 0.5) is 5.95 Å². The minimum absolute atomic E-state index is 0.665. The molecular weight excluding hydrogens is 336 g/mol. The summed E-state index contributed by atoms with van der Waals surface area (Å²) >= 11 is 8.15. The van der Waals surface area contributed by atoms with Crippen LogP contribution in [0.5, 0.6) is 0 Å². The van der Waals surface area contributed by atoms with E-state index < -0.39 is 0 Å². The average Bonchev–Trinajstić information content (AvgIpc) is 2.76. The molecule has 0 bridgehead atoms. The van der Waals surface area contributed by atoms with Crippen molar-refractivity contribution in [1.82, 2.24) is 9.97 Å². The van der Waals surface area contributed by atoms with Crippen LogP contribution in [0.1, 0.15) is 19.3 Å². The number of aromatic nitrogens is 2. The Bertz CT molecular complexity index is 331. The summed E-state index contributed by atoms with van der Waals surface area (Å²) in [6.45, 7) is 0.942. The first-order valence-corrected chi connectivity index (χ1v) is 7.18. The average molecular weight is 352 g/mol. The van der Waals surface area contributed by atoms with E-state index in [1.54, 1.807) is 0 Å². The van der Waals surface area contributed by atoms with Crippen LogP contribution >= 0.6 is 34.2 Å². The molecule has 1 saturated carbocycles. The number of nitrogens with one attached hydrogen (secondary N) is 1. The fourth-order valence-corrected chi connectivity index (χ4v) is 2.90. The second-order valence-corrected chi connectivity index (χ2v) is 5.77. The molecule has 2 atom stereocenters. The van der Waals surface area contributed by atoms with Gasteiger partial charge in [0.05, 0.1) is 0 Å². The lowest BCUT2D eigenvalue weighted by atomic mass is 9.98. The van der Waals surface area contributed by atoms with Gasteiger partial charge in [-0.2, -0.15) is 0 Å². The van der Waals surface area contributed by atoms with Gasteiger partial charge in [0.15, 0.2) is 0 Å². The van der Waals surface area contributed by atoms with E-state index in [1.807, 2.05) is 12.4 Å². The maximum absolute atomic E-state index is 5.95. The molecule has 1 aromatic heterocycles. The summed E-state index contributed by atoms with van der Waals surface area (Å²) in [4.78, 5) is 8.45. The highest BCUT2D eigenvalue weighted by Crippen LogP contribution is 2.32. The Labute approximate surface area is 115 Å². The van der Waals surface area contributed by atoms with E-state index in [4.69, 9.17) is 11.6 Å². The van der Waals surface area contributed by atoms with Crippen molar-refractivity contribution in [2.45, 2.75) is 19.3 Å². The summed E-state index contributed by atoms with van der Waals surface area (Å²) in [5.74, 6) is 2.85. The third kappa shape index (κ3) is 3.20. The molecule has 1 aliphatic carbocycles. The van der Waals surface area contributed by atoms with Gasteiger partial charge in [-0.25, -0.2) is 9.97 Å². The van der Waals surface area contributed by atoms with Crippen LogP contribution in [0.2, 0.25) is 0 Å². The molecule has 1 fully saturated rings. The number of anilines is 1. The molecule has 1 aliphatic rings. The molecule has 1 aromatic rings. The molecule has 16 heavy (non-hydrogen) atoms. The van der Waals surface area contributed by atoms with E-state index in [1.165, 1.54) is 19.3 Å². The Kier molecular flexibility index (Phi) is 4.64. The smallest absolute Gasteiger partial charge is 0.222 e. The van der Waals surface area contributed by atoms with Crippen LogP contribution in [0, 0.1) is 15.4 Å². The lowest BCUT2D eigenvalue weighted by Gasteiger charge is -2.17. The maximum atomic E-state index is 5.95. The van der Waals surface area contributed by atoms with Gasteiger partial charge >= 0.3 is 0 Å². The molecule has 2 rings (SSSR count). The van der Waals surface area contributed by atoms with Gasteiger partial charge in [-0.05, 0) is 47.3 Å². The molecule has 0 amide bonds. The van der Waals surface area contributed by atoms with Gasteiger partial charge in [-0.1, -0.05) is 6.42 Å². The Hall–Kier alpha value is -0.100. The first kappa shape index (κ1) is 12.4. The molecule has 0 spiro atoms. The molecule has 3 nitrogen and oxygen atoms in total. The first-order valence-electron chi connectivity index (χ1n) is 5.57. The predicted octanol–water partition coefficient (Wildman–Crippen LogP) is 3.15. The number of halogens is 2. The van der Waals surface area contributed by atoms with Crippen molar-refractivity contribution in [3.05, 3.63) is 16.0 Å². The highest BCUT2D eigenvalue weighted by atomic mass is 127. The van der Waals surface area contributed by atoms with E-state index >= 15 is 0 Å². The van der Waals surface area contributed by atoms with Crippen molar-refractivity contribution >= 4 is 40.1 Å². The molecule has 0 aromatic carbocycles. The quantitative estimate of drug-likeness (QED) is 0.669. The number of hydrogen-bond donors (Lipinski definition) is 1. The summed E-state index contributed by atoms with van der Waals surface area (Å²) < 4.78 is 1.06. The van der Waals surface area contributed by atoms with Crippen molar-refractivity contribution in [2.24, 2.45) is 11.8 Å². The second kappa shape index (κ2) is 6.00. The topological polar surface area (TPSA) is 37.8 Å². The molecule has 0 radical (unpaired) electrons. The SMILES string of the molecule is ClCC1CCCC1CNc1ncc(I)cn1. The fraction of sp³-hybridized carbons (Fsp3) is 0.636. The van der Waals surface area contributed by atoms with Crippen molar-refractivity contribution in [3.63, 3.8) is 0 Å². The Balaban J connectivity index is 1.85. The Morgan fingerprint density at radius 1 is 1.31 bits per heavy atom. The molecule has 0 aliphatic heterocycles. The van der Waals surface area contributed by atoms with Crippen LogP contribution in [0.3, 0.4) is 0 Å². The van der Waals surface area contributed by atoms with Gasteiger partial charge in [0.25, 0.3) is 0 Å². The highest BCUT2D eigenvalue weighted by molar-refractivity contribution is 14.1. The third-order valence-electron chi connectivity index (χ3n) is 3.16. The van der Waals surface area contributed by atoms with E-state index in [-0.39, 0.29) is 0 Å². The van der Waals surface area contributed by atoms with Gasteiger partial charge in [-0.3, -0.25) is 0 Å². The van der Waals surface area contributed by atoms with Gasteiger partial charge in [0.1, 0.15) is 0 Å². The van der Waals surface area contributed by atoms with Crippen LogP contribution < -0.4 is 5.32 Å². The fourth-order valence-electron chi connectivity index (χ4n) is 2.21. The molecule has 88 valence electrons. The monoisotopic (exact) mass is 351 g/mol. The summed E-state index contributed by atoms with van der Waals surface area (Å²) in [6.07, 6.45) is 7.49. The minimum Gasteiger partial charge on any atom is -0.354 e. The van der Waals surface area contributed by atoms with E-state index in [0.717, 1.165) is 21.9 Å². The van der Waals surface area contributed by atoms with Crippen molar-refractivity contribution in [1.29, 1.82) is 0 Å². The molecule has 1 N–H and O–H groups in total. The van der Waals surface area contributed by atoms with Crippen molar-refractivity contribution < 1.29 is 0 Å². The number of alkyl halides is 1. The minimum atomic E-state index is 0.665. The van der Waals surface area contributed by atoms with Crippen molar-refractivity contribution in [3.8, 4) is 0 Å². The number of hydrogen-bond acceptors (Lipinski definition) is 3. The third-order valence-corrected chi connectivity index (χ3v) is 4.11. The zero-order valence-electron chi connectivity index (χ0n) is 9.00. The zero-order chi connectivity index (χ0) is 11.4. The number of nitrogens with zero attached hydrogens (tertiary/aromatic N) is 2.